The molecule has 1 aliphatic heterocycles. The number of hydrogen-bond acceptors (Lipinski definition) is 3. The van der Waals surface area contributed by atoms with E-state index in [1.165, 1.54) is 12.3 Å². The Balaban J connectivity index is 1.56. The Hall–Kier alpha value is -4.01. The predicted molar refractivity (Wildman–Crippen MR) is 143 cm³/mol. The molecule has 3 aromatic carbocycles. The molecule has 2 aromatic heterocycles. The Labute approximate surface area is 221 Å². The number of aromatic nitrogens is 1. The number of nitriles is 1. The highest BCUT2D eigenvalue weighted by atomic mass is 19.1. The second kappa shape index (κ2) is 9.14. The maximum atomic E-state index is 15.1. The zero-order chi connectivity index (χ0) is 29.1. The van der Waals surface area contributed by atoms with E-state index < -0.39 is 18.6 Å². The van der Waals surface area contributed by atoms with Crippen molar-refractivity contribution < 1.29 is 23.6 Å². The molecule has 1 saturated heterocycles. The highest BCUT2D eigenvalue weighted by Gasteiger charge is 2.24. The van der Waals surface area contributed by atoms with E-state index in [2.05, 4.69) is 6.07 Å². The Bertz CT molecular complexity index is 1860. The second-order valence-corrected chi connectivity index (χ2v) is 9.54. The topological polar surface area (TPSA) is 50.0 Å². The van der Waals surface area contributed by atoms with Crippen molar-refractivity contribution in [3.05, 3.63) is 88.9 Å². The second-order valence-electron chi connectivity index (χ2n) is 9.54. The molecule has 3 heterocycles. The van der Waals surface area contributed by atoms with Gasteiger partial charge in [-0.15, -0.1) is 0 Å². The van der Waals surface area contributed by atoms with E-state index in [0.29, 0.717) is 59.6 Å². The number of fused-ring (bicyclic) bond motifs is 3. The number of nitrogens with zero attached hydrogens (tertiary/aromatic N) is 2. The van der Waals surface area contributed by atoms with Crippen LogP contribution in [0, 0.1) is 30.9 Å². The number of furan rings is 1. The Kier molecular flexibility index (Phi) is 4.73. The molecule has 0 spiro atoms. The van der Waals surface area contributed by atoms with Gasteiger partial charge in [0.25, 0.3) is 0 Å². The summed E-state index contributed by atoms with van der Waals surface area (Å²) in [5.41, 5.74) is 5.46. The first-order valence-electron chi connectivity index (χ1n) is 14.3. The number of pyridine rings is 1. The third-order valence-electron chi connectivity index (χ3n) is 7.30. The molecule has 0 unspecified atom stereocenters. The molecule has 1 aliphatic rings. The fourth-order valence-corrected chi connectivity index (χ4v) is 5.35. The van der Waals surface area contributed by atoms with E-state index in [0.717, 1.165) is 27.5 Å². The van der Waals surface area contributed by atoms with Gasteiger partial charge in [0.2, 0.25) is 5.69 Å². The summed E-state index contributed by atoms with van der Waals surface area (Å²) in [5, 5.41) is 11.6. The smallest absolute Gasteiger partial charge is 0.219 e. The predicted octanol–water partition coefficient (Wildman–Crippen LogP) is 7.27. The summed E-state index contributed by atoms with van der Waals surface area (Å²) in [6.45, 7) is 0.434. The molecule has 0 N–H and O–H groups in total. The van der Waals surface area contributed by atoms with Crippen LogP contribution in [0.4, 0.5) is 4.39 Å². The molecule has 0 saturated carbocycles. The maximum absolute atomic E-state index is 15.1. The van der Waals surface area contributed by atoms with Gasteiger partial charge in [-0.2, -0.15) is 5.26 Å². The fraction of sp³-hybridized carbons (Fsp3) is 0.250. The first kappa shape index (κ1) is 19.1. The molecular formula is C32H28FN2O2+. The van der Waals surface area contributed by atoms with E-state index in [-0.39, 0.29) is 5.56 Å². The lowest BCUT2D eigenvalue weighted by atomic mass is 9.89. The minimum absolute atomic E-state index is 0.349. The summed E-state index contributed by atoms with van der Waals surface area (Å²) in [6.07, 6.45) is 2.56. The summed E-state index contributed by atoms with van der Waals surface area (Å²) < 4.78 is 60.6. The lowest BCUT2D eigenvalue weighted by Crippen LogP contribution is -2.31. The van der Waals surface area contributed by atoms with Crippen molar-refractivity contribution in [2.45, 2.75) is 32.5 Å². The minimum atomic E-state index is -2.58. The highest BCUT2D eigenvalue weighted by Crippen LogP contribution is 2.42. The average Bonchev–Trinajstić information content (AvgIpc) is 3.32. The molecule has 5 aromatic rings. The Morgan fingerprint density at radius 2 is 1.70 bits per heavy atom. The number of hydrogen-bond donors (Lipinski definition) is 0. The van der Waals surface area contributed by atoms with Crippen LogP contribution in [-0.4, -0.2) is 13.2 Å². The van der Waals surface area contributed by atoms with E-state index >= 15 is 4.39 Å². The van der Waals surface area contributed by atoms with Crippen LogP contribution in [0.2, 0.25) is 0 Å². The van der Waals surface area contributed by atoms with Gasteiger partial charge >= 0.3 is 0 Å². The van der Waals surface area contributed by atoms with E-state index in [1.54, 1.807) is 17.7 Å². The van der Waals surface area contributed by atoms with E-state index in [4.69, 9.17) is 14.6 Å². The van der Waals surface area contributed by atoms with Crippen molar-refractivity contribution in [3.63, 3.8) is 0 Å². The van der Waals surface area contributed by atoms with Crippen LogP contribution in [0.25, 0.3) is 44.3 Å². The molecular weight excluding hydrogens is 463 g/mol. The monoisotopic (exact) mass is 495 g/mol. The minimum Gasteiger partial charge on any atom is -0.454 e. The van der Waals surface area contributed by atoms with Crippen molar-refractivity contribution in [2.24, 2.45) is 7.05 Å². The summed E-state index contributed by atoms with van der Waals surface area (Å²) >= 11 is 0. The van der Waals surface area contributed by atoms with E-state index in [9.17, 15) is 5.26 Å². The largest absolute Gasteiger partial charge is 0.454 e. The van der Waals surface area contributed by atoms with Gasteiger partial charge < -0.3 is 9.15 Å². The highest BCUT2D eigenvalue weighted by molar-refractivity contribution is 6.14. The molecule has 0 bridgehead atoms. The fourth-order valence-electron chi connectivity index (χ4n) is 5.35. The molecule has 0 radical (unpaired) electrons. The number of rotatable bonds is 3. The molecule has 0 amide bonds. The van der Waals surface area contributed by atoms with Crippen molar-refractivity contribution in [3.8, 4) is 28.5 Å². The van der Waals surface area contributed by atoms with Crippen molar-refractivity contribution >= 4 is 21.9 Å². The van der Waals surface area contributed by atoms with Crippen molar-refractivity contribution in [1.29, 1.82) is 5.26 Å². The zero-order valence-electron chi connectivity index (χ0n) is 24.7. The summed E-state index contributed by atoms with van der Waals surface area (Å²) in [6, 6.07) is 18.8. The molecule has 184 valence electrons. The normalized spacial score (nSPS) is 17.1. The van der Waals surface area contributed by atoms with Gasteiger partial charge in [-0.05, 0) is 61.3 Å². The summed E-state index contributed by atoms with van der Waals surface area (Å²) in [4.78, 5) is 0. The van der Waals surface area contributed by atoms with Gasteiger partial charge in [0.15, 0.2) is 6.20 Å². The van der Waals surface area contributed by atoms with Crippen LogP contribution >= 0.6 is 0 Å². The van der Waals surface area contributed by atoms with Crippen LogP contribution in [0.5, 0.6) is 0 Å². The van der Waals surface area contributed by atoms with Crippen LogP contribution in [0.3, 0.4) is 0 Å². The summed E-state index contributed by atoms with van der Waals surface area (Å²) in [5.74, 6) is -1.51. The number of ether oxygens (including phenoxy) is 1. The van der Waals surface area contributed by atoms with Crippen molar-refractivity contribution in [1.82, 2.24) is 0 Å². The van der Waals surface area contributed by atoms with Gasteiger partial charge in [0.1, 0.15) is 24.0 Å². The summed E-state index contributed by atoms with van der Waals surface area (Å²) in [7, 11) is 1.68. The maximum Gasteiger partial charge on any atom is 0.219 e. The van der Waals surface area contributed by atoms with E-state index in [1.807, 2.05) is 49.4 Å². The number of benzene rings is 3. The Morgan fingerprint density at radius 1 is 1.00 bits per heavy atom. The molecule has 1 fully saturated rings. The van der Waals surface area contributed by atoms with Crippen LogP contribution < -0.4 is 4.57 Å². The Morgan fingerprint density at radius 3 is 2.41 bits per heavy atom. The van der Waals surface area contributed by atoms with Crippen LogP contribution in [0.15, 0.2) is 65.2 Å². The third kappa shape index (κ3) is 3.89. The van der Waals surface area contributed by atoms with Crippen molar-refractivity contribution in [2.75, 3.05) is 13.2 Å². The SMILES string of the molecule is [2H]C([2H])([2H])c1c[n+](C)c(-c2c(C)ccc3c2oc2c(-c4ccc(C5([2H])CCOCC5)cc4)c(C#N)ccc23)cc1F. The third-order valence-corrected chi connectivity index (χ3v) is 7.30. The molecule has 4 nitrogen and oxygen atoms in total. The zero-order valence-corrected chi connectivity index (χ0v) is 20.7. The molecule has 0 aliphatic carbocycles. The lowest BCUT2D eigenvalue weighted by molar-refractivity contribution is -0.661. The van der Waals surface area contributed by atoms with Gasteiger partial charge in [-0.25, -0.2) is 8.96 Å². The quantitative estimate of drug-likeness (QED) is 0.247. The van der Waals surface area contributed by atoms with Crippen LogP contribution in [-0.2, 0) is 11.8 Å². The first-order valence-corrected chi connectivity index (χ1v) is 12.3. The van der Waals surface area contributed by atoms with Crippen LogP contribution in [0.1, 0.15) is 46.5 Å². The molecule has 6 rings (SSSR count). The van der Waals surface area contributed by atoms with Gasteiger partial charge in [0.05, 0.1) is 17.2 Å². The van der Waals surface area contributed by atoms with Gasteiger partial charge in [-0.1, -0.05) is 36.4 Å². The molecule has 5 heteroatoms. The molecule has 0 atom stereocenters. The lowest BCUT2D eigenvalue weighted by Gasteiger charge is -2.22. The average molecular weight is 496 g/mol. The molecule has 37 heavy (non-hydrogen) atoms. The standard InChI is InChI=1S/C32H28FN2O2/c1-19-4-10-25-26-11-9-24(17-34)30(23-7-5-21(6-8-23)22-12-14-36-15-13-22)32(26)37-31(25)29(19)28-16-27(33)20(2)18-35(28)3/h4-11,16,18,22H,12-15H2,1-3H3/q+1/i2D3,22D. The number of aryl methyl sites for hydroxylation is 3. The van der Waals surface area contributed by atoms with Gasteiger partial charge in [-0.3, -0.25) is 0 Å². The number of halogens is 1. The first-order chi connectivity index (χ1) is 19.5. The van der Waals surface area contributed by atoms with Gasteiger partial charge in [0, 0.05) is 46.7 Å².